The molecule has 1 fully saturated rings. The summed E-state index contributed by atoms with van der Waals surface area (Å²) < 4.78 is 48.2. The highest BCUT2D eigenvalue weighted by molar-refractivity contribution is 5.41. The van der Waals surface area contributed by atoms with Gasteiger partial charge in [0.1, 0.15) is 11.7 Å². The Morgan fingerprint density at radius 1 is 1.34 bits per heavy atom. The summed E-state index contributed by atoms with van der Waals surface area (Å²) in [6.45, 7) is 5.40. The predicted molar refractivity (Wildman–Crippen MR) is 103 cm³/mol. The number of rotatable bonds is 6. The smallest absolute Gasteiger partial charge is 0.416 e. The Hall–Kier alpha value is -2.26. The summed E-state index contributed by atoms with van der Waals surface area (Å²) >= 11 is 0. The third-order valence-corrected chi connectivity index (χ3v) is 4.94. The monoisotopic (exact) mass is 415 g/mol. The van der Waals surface area contributed by atoms with Gasteiger partial charge in [0, 0.05) is 12.6 Å². The molecule has 9 heteroatoms. The number of nitrogens with two attached hydrogens (primary N) is 1. The lowest BCUT2D eigenvalue weighted by Crippen LogP contribution is -2.40. The number of nitrogens with one attached hydrogen (secondary N) is 2. The number of carbonyl (C=O) groups excluding carboxylic acids is 1. The zero-order valence-corrected chi connectivity index (χ0v) is 16.8. The number of epoxide rings is 1. The first kappa shape index (κ1) is 23.0. The Labute approximate surface area is 168 Å². The standard InChI is InChI=1S/C16H17F3N2O3.C4H11N/c17-16(18,19)11-3-1-10(2-4-11)7-21-14-13(20)12(23-9-22)5-6-15(14)8-24-15;1-4(2)5-3/h1-4,9,12,21H,5-8,20H2;4-5H,1-3H3/t12-,15+;/m1./s1. The molecule has 1 aromatic carbocycles. The number of hydrogen-bond donors (Lipinski definition) is 3. The van der Waals surface area contributed by atoms with Gasteiger partial charge in [-0.25, -0.2) is 0 Å². The van der Waals surface area contributed by atoms with E-state index in [0.717, 1.165) is 12.1 Å². The highest BCUT2D eigenvalue weighted by Crippen LogP contribution is 2.44. The van der Waals surface area contributed by atoms with Crippen molar-refractivity contribution >= 4 is 6.47 Å². The van der Waals surface area contributed by atoms with Crippen LogP contribution in [0.2, 0.25) is 0 Å². The molecule has 0 radical (unpaired) electrons. The van der Waals surface area contributed by atoms with Gasteiger partial charge in [0.25, 0.3) is 6.47 Å². The molecule has 29 heavy (non-hydrogen) atoms. The van der Waals surface area contributed by atoms with Crippen LogP contribution in [0.5, 0.6) is 0 Å². The molecule has 4 N–H and O–H groups in total. The van der Waals surface area contributed by atoms with Gasteiger partial charge in [0.2, 0.25) is 0 Å². The number of alkyl halides is 3. The molecule has 2 aliphatic rings. The molecule has 0 saturated carbocycles. The van der Waals surface area contributed by atoms with Gasteiger partial charge in [-0.05, 0) is 37.6 Å². The van der Waals surface area contributed by atoms with E-state index in [1.165, 1.54) is 12.1 Å². The van der Waals surface area contributed by atoms with E-state index in [1.807, 2.05) is 7.05 Å². The first-order chi connectivity index (χ1) is 13.6. The van der Waals surface area contributed by atoms with E-state index in [-0.39, 0.29) is 0 Å². The van der Waals surface area contributed by atoms with Gasteiger partial charge in [-0.1, -0.05) is 26.0 Å². The molecule has 6 nitrogen and oxygen atoms in total. The molecule has 0 bridgehead atoms. The fourth-order valence-electron chi connectivity index (χ4n) is 2.92. The highest BCUT2D eigenvalue weighted by atomic mass is 19.4. The third-order valence-electron chi connectivity index (χ3n) is 4.94. The fourth-order valence-corrected chi connectivity index (χ4v) is 2.92. The molecule has 3 rings (SSSR count). The van der Waals surface area contributed by atoms with Crippen molar-refractivity contribution < 1.29 is 27.4 Å². The first-order valence-electron chi connectivity index (χ1n) is 9.43. The fraction of sp³-hybridized carbons (Fsp3) is 0.550. The van der Waals surface area contributed by atoms with E-state index in [1.54, 1.807) is 0 Å². The molecule has 1 heterocycles. The van der Waals surface area contributed by atoms with Crippen molar-refractivity contribution in [1.82, 2.24) is 10.6 Å². The Morgan fingerprint density at radius 3 is 2.38 bits per heavy atom. The molecule has 162 valence electrons. The quantitative estimate of drug-likeness (QED) is 0.489. The van der Waals surface area contributed by atoms with E-state index in [4.69, 9.17) is 15.2 Å². The Balaban J connectivity index is 0.000000537. The van der Waals surface area contributed by atoms with Gasteiger partial charge in [0.15, 0.2) is 0 Å². The number of halogens is 3. The third kappa shape index (κ3) is 6.11. The van der Waals surface area contributed by atoms with Gasteiger partial charge in [-0.2, -0.15) is 13.2 Å². The number of ether oxygens (including phenoxy) is 2. The summed E-state index contributed by atoms with van der Waals surface area (Å²) in [6.07, 6.45) is -3.61. The normalized spacial score (nSPS) is 23.5. The molecule has 2 atom stereocenters. The van der Waals surface area contributed by atoms with Crippen molar-refractivity contribution in [3.63, 3.8) is 0 Å². The molecule has 1 aromatic rings. The summed E-state index contributed by atoms with van der Waals surface area (Å²) in [5, 5.41) is 6.17. The average molecular weight is 415 g/mol. The van der Waals surface area contributed by atoms with Crippen LogP contribution in [-0.2, 0) is 27.0 Å². The first-order valence-corrected chi connectivity index (χ1v) is 9.43. The summed E-state index contributed by atoms with van der Waals surface area (Å²) in [4.78, 5) is 10.6. The Kier molecular flexibility index (Phi) is 7.54. The molecular formula is C20H28F3N3O3. The lowest BCUT2D eigenvalue weighted by molar-refractivity contribution is -0.137. The van der Waals surface area contributed by atoms with E-state index in [2.05, 4.69) is 24.5 Å². The zero-order chi connectivity index (χ0) is 21.7. The number of hydrogen-bond acceptors (Lipinski definition) is 6. The minimum Gasteiger partial charge on any atom is -0.458 e. The van der Waals surface area contributed by atoms with Crippen LogP contribution in [0.3, 0.4) is 0 Å². The van der Waals surface area contributed by atoms with E-state index >= 15 is 0 Å². The molecule has 0 aromatic heterocycles. The van der Waals surface area contributed by atoms with Gasteiger partial charge in [-0.3, -0.25) is 4.79 Å². The SMILES string of the molecule is CNC(C)C.NC1=C(NCc2ccc(C(F)(F)F)cc2)[C@]2(CC[C@H]1OC=O)CO2. The van der Waals surface area contributed by atoms with Crippen LogP contribution in [-0.4, -0.2) is 37.9 Å². The highest BCUT2D eigenvalue weighted by Gasteiger charge is 2.53. The van der Waals surface area contributed by atoms with Crippen LogP contribution in [0, 0.1) is 0 Å². The van der Waals surface area contributed by atoms with Crippen LogP contribution in [0.4, 0.5) is 13.2 Å². The molecule has 1 saturated heterocycles. The van der Waals surface area contributed by atoms with Gasteiger partial charge in [-0.15, -0.1) is 0 Å². The largest absolute Gasteiger partial charge is 0.458 e. The molecular weight excluding hydrogens is 387 g/mol. The van der Waals surface area contributed by atoms with Crippen LogP contribution in [0.25, 0.3) is 0 Å². The minimum absolute atomic E-state index is 0.299. The van der Waals surface area contributed by atoms with Gasteiger partial charge < -0.3 is 25.8 Å². The van der Waals surface area contributed by atoms with Crippen molar-refractivity contribution in [2.75, 3.05) is 13.7 Å². The summed E-state index contributed by atoms with van der Waals surface area (Å²) in [7, 11) is 1.95. The second-order valence-electron chi connectivity index (χ2n) is 7.36. The summed E-state index contributed by atoms with van der Waals surface area (Å²) in [5.74, 6) is 0. The van der Waals surface area contributed by atoms with Crippen molar-refractivity contribution in [3.8, 4) is 0 Å². The van der Waals surface area contributed by atoms with Crippen LogP contribution < -0.4 is 16.4 Å². The molecule has 0 unspecified atom stereocenters. The van der Waals surface area contributed by atoms with Gasteiger partial charge in [0.05, 0.1) is 23.6 Å². The number of carbonyl (C=O) groups is 1. The van der Waals surface area contributed by atoms with E-state index in [9.17, 15) is 18.0 Å². The Bertz CT molecular complexity index is 714. The molecule has 0 amide bonds. The minimum atomic E-state index is -4.35. The second kappa shape index (κ2) is 9.49. The predicted octanol–water partition coefficient (Wildman–Crippen LogP) is 2.68. The summed E-state index contributed by atoms with van der Waals surface area (Å²) in [6, 6.07) is 5.54. The van der Waals surface area contributed by atoms with Crippen molar-refractivity contribution in [2.45, 2.75) is 57.2 Å². The van der Waals surface area contributed by atoms with Gasteiger partial charge >= 0.3 is 6.18 Å². The van der Waals surface area contributed by atoms with Crippen molar-refractivity contribution in [2.24, 2.45) is 5.73 Å². The molecule has 1 spiro atoms. The zero-order valence-electron chi connectivity index (χ0n) is 16.8. The maximum absolute atomic E-state index is 12.6. The van der Waals surface area contributed by atoms with E-state index in [0.29, 0.717) is 55.5 Å². The maximum Gasteiger partial charge on any atom is 0.416 e. The maximum atomic E-state index is 12.6. The lowest BCUT2D eigenvalue weighted by atomic mass is 9.88. The van der Waals surface area contributed by atoms with Crippen LogP contribution >= 0.6 is 0 Å². The Morgan fingerprint density at radius 2 is 1.93 bits per heavy atom. The van der Waals surface area contributed by atoms with E-state index < -0.39 is 23.4 Å². The second-order valence-corrected chi connectivity index (χ2v) is 7.36. The lowest BCUT2D eigenvalue weighted by Gasteiger charge is -2.30. The van der Waals surface area contributed by atoms with Crippen LogP contribution in [0.15, 0.2) is 35.7 Å². The van der Waals surface area contributed by atoms with Crippen molar-refractivity contribution in [3.05, 3.63) is 46.8 Å². The average Bonchev–Trinajstić information content (AvgIpc) is 3.44. The topological polar surface area (TPSA) is 88.9 Å². The van der Waals surface area contributed by atoms with Crippen molar-refractivity contribution in [1.29, 1.82) is 0 Å². The van der Waals surface area contributed by atoms with Crippen LogP contribution in [0.1, 0.15) is 37.8 Å². The molecule has 1 aliphatic carbocycles. The summed E-state index contributed by atoms with van der Waals surface area (Å²) in [5.41, 5.74) is 6.64. The molecule has 1 aliphatic heterocycles. The number of benzene rings is 1.